The van der Waals surface area contributed by atoms with Crippen LogP contribution in [-0.4, -0.2) is 107 Å². The molecule has 0 bridgehead atoms. The Hall–Kier alpha value is -6.62. The number of urea groups is 1. The number of aromatic nitrogens is 5. The SMILES string of the molecule is COc1cc2c(cc1N1CCN(CC3CCN(c4ccc(N5CCC(=O)NC5=O)cc4)CC3)CC1)[nH]c1ncnc(-c3ccc([C@@H](C)NC(=O)c4nc(C5(C)CC5)no4)c(C)c3F)c12. The van der Waals surface area contributed by atoms with Gasteiger partial charge in [-0.15, -0.1) is 0 Å². The lowest BCUT2D eigenvalue weighted by Gasteiger charge is -2.40. The summed E-state index contributed by atoms with van der Waals surface area (Å²) < 4.78 is 27.7. The van der Waals surface area contributed by atoms with E-state index in [0.29, 0.717) is 58.1 Å². The summed E-state index contributed by atoms with van der Waals surface area (Å²) >= 11 is 0. The zero-order valence-corrected chi connectivity index (χ0v) is 36.5. The highest BCUT2D eigenvalue weighted by Gasteiger charge is 2.44. The first kappa shape index (κ1) is 41.4. The molecule has 1 saturated carbocycles. The standard InChI is InChI=1S/C47H52FN11O5/c1-27-32(28(2)51-43(61)44-54-45(55-64-44)47(3)14-15-47)9-10-33(40(27)48)41-39-34-23-37(63-4)36(24-35(34)52-42(39)50-26-49-41)58-21-19-56(20-22-58)25-29-11-16-57(17-12-29)30-5-7-31(8-6-30)59-18-13-38(60)53-46(59)62/h5-10,23-24,26,28-29H,11-22,25H2,1-4H3,(H,51,61)(H,49,50,52)(H,53,60,62)/t28-/m1/s1. The Labute approximate surface area is 369 Å². The topological polar surface area (TPSA) is 178 Å². The lowest BCUT2D eigenvalue weighted by molar-refractivity contribution is -0.120. The van der Waals surface area contributed by atoms with Crippen molar-refractivity contribution in [1.82, 2.24) is 40.6 Å². The van der Waals surface area contributed by atoms with Crippen molar-refractivity contribution in [2.45, 2.75) is 64.3 Å². The molecular formula is C47H52FN11O5. The molecule has 3 N–H and O–H groups in total. The highest BCUT2D eigenvalue weighted by atomic mass is 19.1. The highest BCUT2D eigenvalue weighted by molar-refractivity contribution is 6.13. The number of fused-ring (bicyclic) bond motifs is 3. The number of carbonyl (C=O) groups is 3. The monoisotopic (exact) mass is 869 g/mol. The maximum atomic E-state index is 16.5. The number of piperidine rings is 1. The largest absolute Gasteiger partial charge is 0.495 e. The molecule has 4 fully saturated rings. The minimum atomic E-state index is -0.533. The summed E-state index contributed by atoms with van der Waals surface area (Å²) in [5.74, 6) is 0.600. The molecule has 332 valence electrons. The van der Waals surface area contributed by atoms with Crippen molar-refractivity contribution < 1.29 is 28.0 Å². The minimum Gasteiger partial charge on any atom is -0.495 e. The molecule has 10 rings (SSSR count). The van der Waals surface area contributed by atoms with Gasteiger partial charge in [-0.25, -0.2) is 19.2 Å². The number of rotatable bonds is 11. The fraction of sp³-hybridized carbons (Fsp3) is 0.426. The molecule has 17 heteroatoms. The first-order valence-electron chi connectivity index (χ1n) is 22.2. The van der Waals surface area contributed by atoms with Crippen molar-refractivity contribution in [2.75, 3.05) is 74.2 Å². The van der Waals surface area contributed by atoms with E-state index in [9.17, 15) is 14.4 Å². The van der Waals surface area contributed by atoms with Crippen LogP contribution in [0.15, 0.2) is 59.4 Å². The predicted octanol–water partition coefficient (Wildman–Crippen LogP) is 6.64. The number of hydrogen-bond acceptors (Lipinski definition) is 12. The number of hydrogen-bond donors (Lipinski definition) is 3. The van der Waals surface area contributed by atoms with Gasteiger partial charge in [-0.05, 0) is 99.0 Å². The van der Waals surface area contributed by atoms with Crippen molar-refractivity contribution in [3.05, 3.63) is 83.5 Å². The van der Waals surface area contributed by atoms with Gasteiger partial charge in [0.05, 0.1) is 35.4 Å². The number of piperazine rings is 1. The average Bonchev–Trinajstić information content (AvgIpc) is 3.66. The number of nitrogens with one attached hydrogen (secondary N) is 3. The summed E-state index contributed by atoms with van der Waals surface area (Å²) in [5.41, 5.74) is 6.07. The normalized spacial score (nSPS) is 18.7. The van der Waals surface area contributed by atoms with Crippen LogP contribution in [0.1, 0.15) is 79.6 Å². The average molecular weight is 870 g/mol. The van der Waals surface area contributed by atoms with Crippen LogP contribution in [0, 0.1) is 18.7 Å². The third kappa shape index (κ3) is 7.75. The van der Waals surface area contributed by atoms with E-state index in [-0.39, 0.29) is 23.2 Å². The van der Waals surface area contributed by atoms with Crippen molar-refractivity contribution in [1.29, 1.82) is 0 Å². The molecule has 0 spiro atoms. The van der Waals surface area contributed by atoms with Gasteiger partial charge in [-0.2, -0.15) is 4.98 Å². The maximum absolute atomic E-state index is 16.5. The molecule has 6 heterocycles. The molecule has 0 unspecified atom stereocenters. The fourth-order valence-corrected chi connectivity index (χ4v) is 9.58. The Morgan fingerprint density at radius 1 is 0.984 bits per heavy atom. The zero-order valence-electron chi connectivity index (χ0n) is 36.5. The van der Waals surface area contributed by atoms with Crippen LogP contribution >= 0.6 is 0 Å². The lowest BCUT2D eigenvalue weighted by Crippen LogP contribution is -2.49. The van der Waals surface area contributed by atoms with Crippen LogP contribution in [0.3, 0.4) is 0 Å². The van der Waals surface area contributed by atoms with E-state index < -0.39 is 17.8 Å². The molecule has 3 aromatic heterocycles. The maximum Gasteiger partial charge on any atom is 0.328 e. The number of H-pyrrole nitrogens is 1. The fourth-order valence-electron chi connectivity index (χ4n) is 9.58. The van der Waals surface area contributed by atoms with Gasteiger partial charge >= 0.3 is 17.8 Å². The quantitative estimate of drug-likeness (QED) is 0.127. The summed E-state index contributed by atoms with van der Waals surface area (Å²) in [5, 5.41) is 10.8. The second-order valence-corrected chi connectivity index (χ2v) is 18.0. The number of anilines is 3. The Kier molecular flexibility index (Phi) is 10.7. The summed E-state index contributed by atoms with van der Waals surface area (Å²) in [6.07, 6.45) is 5.89. The van der Waals surface area contributed by atoms with Gasteiger partial charge in [0.15, 0.2) is 5.82 Å². The van der Waals surface area contributed by atoms with E-state index in [1.807, 2.05) is 31.2 Å². The van der Waals surface area contributed by atoms with Gasteiger partial charge in [0.25, 0.3) is 0 Å². The van der Waals surface area contributed by atoms with Crippen LogP contribution < -0.4 is 30.1 Å². The van der Waals surface area contributed by atoms with E-state index >= 15 is 4.39 Å². The number of nitrogens with zero attached hydrogens (tertiary/aromatic N) is 8. The molecule has 3 aromatic carbocycles. The van der Waals surface area contributed by atoms with E-state index in [2.05, 4.69) is 68.6 Å². The first-order chi connectivity index (χ1) is 31.0. The van der Waals surface area contributed by atoms with Crippen molar-refractivity contribution in [2.24, 2.45) is 5.92 Å². The van der Waals surface area contributed by atoms with Crippen molar-refractivity contribution >= 4 is 56.8 Å². The van der Waals surface area contributed by atoms with Crippen LogP contribution in [-0.2, 0) is 10.2 Å². The summed E-state index contributed by atoms with van der Waals surface area (Å²) in [6, 6.07) is 14.8. The molecule has 1 aliphatic carbocycles. The molecule has 3 aliphatic heterocycles. The number of ether oxygens (including phenoxy) is 1. The Morgan fingerprint density at radius 3 is 2.45 bits per heavy atom. The molecule has 1 atom stereocenters. The number of carbonyl (C=O) groups excluding carboxylic acids is 3. The third-order valence-corrected chi connectivity index (χ3v) is 13.8. The van der Waals surface area contributed by atoms with Crippen LogP contribution in [0.25, 0.3) is 33.2 Å². The minimum absolute atomic E-state index is 0.105. The molecule has 3 saturated heterocycles. The summed E-state index contributed by atoms with van der Waals surface area (Å²) in [7, 11) is 1.68. The lowest BCUT2D eigenvalue weighted by atomic mass is 9.95. The Bertz CT molecular complexity index is 2770. The highest BCUT2D eigenvalue weighted by Crippen LogP contribution is 2.46. The van der Waals surface area contributed by atoms with Crippen molar-refractivity contribution in [3.63, 3.8) is 0 Å². The molecule has 0 radical (unpaired) electrons. The molecule has 4 aliphatic rings. The van der Waals surface area contributed by atoms with Gasteiger partial charge in [-0.1, -0.05) is 18.1 Å². The Balaban J connectivity index is 0.784. The van der Waals surface area contributed by atoms with Crippen LogP contribution in [0.2, 0.25) is 0 Å². The second-order valence-electron chi connectivity index (χ2n) is 18.0. The number of halogens is 1. The summed E-state index contributed by atoms with van der Waals surface area (Å²) in [6.45, 7) is 12.6. The van der Waals surface area contributed by atoms with Crippen molar-refractivity contribution in [3.8, 4) is 17.0 Å². The van der Waals surface area contributed by atoms with E-state index in [1.165, 1.54) is 6.33 Å². The molecular weight excluding hydrogens is 818 g/mol. The first-order valence-corrected chi connectivity index (χ1v) is 22.2. The molecule has 16 nitrogen and oxygen atoms in total. The van der Waals surface area contributed by atoms with Gasteiger partial charge < -0.3 is 29.4 Å². The van der Waals surface area contributed by atoms with E-state index in [0.717, 1.165) is 105 Å². The van der Waals surface area contributed by atoms with Crippen LogP contribution in [0.4, 0.5) is 26.2 Å². The number of amides is 4. The Morgan fingerprint density at radius 2 is 1.73 bits per heavy atom. The molecule has 6 aromatic rings. The molecule has 64 heavy (non-hydrogen) atoms. The number of imide groups is 1. The second kappa shape index (κ2) is 16.5. The van der Waals surface area contributed by atoms with E-state index in [1.54, 1.807) is 31.9 Å². The molecule has 4 amide bonds. The smallest absolute Gasteiger partial charge is 0.328 e. The van der Waals surface area contributed by atoms with Gasteiger partial charge in [0, 0.05) is 86.5 Å². The third-order valence-electron chi connectivity index (χ3n) is 13.8. The number of benzene rings is 3. The van der Waals surface area contributed by atoms with Crippen LogP contribution in [0.5, 0.6) is 5.75 Å². The predicted molar refractivity (Wildman–Crippen MR) is 240 cm³/mol. The van der Waals surface area contributed by atoms with Gasteiger partial charge in [0.2, 0.25) is 5.91 Å². The van der Waals surface area contributed by atoms with E-state index in [4.69, 9.17) is 9.26 Å². The van der Waals surface area contributed by atoms with Gasteiger partial charge in [0.1, 0.15) is 23.5 Å². The number of methoxy groups -OCH3 is 1. The number of aromatic amines is 1. The zero-order chi connectivity index (χ0) is 44.3. The summed E-state index contributed by atoms with van der Waals surface area (Å²) in [4.78, 5) is 62.8. The van der Waals surface area contributed by atoms with Gasteiger partial charge in [-0.3, -0.25) is 24.7 Å².